The van der Waals surface area contributed by atoms with Crippen LogP contribution in [0, 0.1) is 0 Å². The van der Waals surface area contributed by atoms with Crippen LogP contribution in [0.15, 0.2) is 84.9 Å². The maximum absolute atomic E-state index is 11.8. The van der Waals surface area contributed by atoms with Gasteiger partial charge in [0.2, 0.25) is 0 Å². The molecule has 0 amide bonds. The third-order valence-corrected chi connectivity index (χ3v) is 4.47. The van der Waals surface area contributed by atoms with Gasteiger partial charge in [-0.15, -0.1) is 0 Å². The van der Waals surface area contributed by atoms with Crippen molar-refractivity contribution in [3.63, 3.8) is 0 Å². The Balaban J connectivity index is 0.000000207. The van der Waals surface area contributed by atoms with Crippen LogP contribution in [-0.4, -0.2) is 22.3 Å². The maximum atomic E-state index is 11.8. The lowest BCUT2D eigenvalue weighted by atomic mass is 9.94. The molecule has 1 N–H and O–H groups in total. The normalized spacial score (nSPS) is 10.8. The molecule has 3 nitrogen and oxygen atoms in total. The van der Waals surface area contributed by atoms with Crippen LogP contribution in [0.1, 0.15) is 65.5 Å². The first-order valence-corrected chi connectivity index (χ1v) is 9.72. The summed E-state index contributed by atoms with van der Waals surface area (Å²) in [6, 6.07) is 26.0. The number of rotatable bonds is 5. The molecule has 0 aromatic heterocycles. The van der Waals surface area contributed by atoms with Crippen molar-refractivity contribution in [3.8, 4) is 0 Å². The van der Waals surface area contributed by atoms with Gasteiger partial charge in [-0.05, 0) is 25.3 Å². The van der Waals surface area contributed by atoms with Gasteiger partial charge >= 0.3 is 0 Å². The summed E-state index contributed by atoms with van der Waals surface area (Å²) < 4.78 is 0. The highest BCUT2D eigenvalue weighted by molar-refractivity contribution is 6.08. The van der Waals surface area contributed by atoms with E-state index < -0.39 is 5.60 Å². The molecule has 150 valence electrons. The van der Waals surface area contributed by atoms with Crippen molar-refractivity contribution < 1.29 is 14.7 Å². The van der Waals surface area contributed by atoms with Crippen LogP contribution >= 0.6 is 0 Å². The van der Waals surface area contributed by atoms with Gasteiger partial charge in [0.15, 0.2) is 11.6 Å². The highest BCUT2D eigenvalue weighted by Gasteiger charge is 2.24. The minimum atomic E-state index is -1.29. The SMILES string of the molecule is CC(C)c1ccc(C(=O)C(C)(C)O)cc1.O=C(c1ccccc1)c1ccccc1. The summed E-state index contributed by atoms with van der Waals surface area (Å²) >= 11 is 0. The molecular formula is C26H28O3. The highest BCUT2D eigenvalue weighted by Crippen LogP contribution is 2.18. The number of benzene rings is 3. The summed E-state index contributed by atoms with van der Waals surface area (Å²) in [7, 11) is 0. The first-order valence-electron chi connectivity index (χ1n) is 9.72. The molecule has 3 aromatic carbocycles. The largest absolute Gasteiger partial charge is 0.382 e. The fraction of sp³-hybridized carbons (Fsp3) is 0.231. The van der Waals surface area contributed by atoms with Crippen molar-refractivity contribution in [3.05, 3.63) is 107 Å². The third-order valence-electron chi connectivity index (χ3n) is 4.47. The molecule has 0 saturated heterocycles. The number of ketones is 2. The topological polar surface area (TPSA) is 54.4 Å². The molecule has 0 heterocycles. The molecule has 0 unspecified atom stereocenters. The predicted octanol–water partition coefficient (Wildman–Crippen LogP) is 5.68. The maximum Gasteiger partial charge on any atom is 0.193 e. The van der Waals surface area contributed by atoms with Crippen LogP contribution in [-0.2, 0) is 0 Å². The summed E-state index contributed by atoms with van der Waals surface area (Å²) in [5.74, 6) is 0.292. The molecule has 0 bridgehead atoms. The number of Topliss-reactive ketones (excluding diaryl/α,β-unsaturated/α-hetero) is 1. The first-order chi connectivity index (χ1) is 13.7. The van der Waals surface area contributed by atoms with Gasteiger partial charge in [-0.2, -0.15) is 0 Å². The van der Waals surface area contributed by atoms with E-state index >= 15 is 0 Å². The molecule has 0 radical (unpaired) electrons. The second-order valence-corrected chi connectivity index (χ2v) is 7.73. The molecule has 0 atom stereocenters. The Morgan fingerprint density at radius 2 is 1.10 bits per heavy atom. The number of carbonyl (C=O) groups excluding carboxylic acids is 2. The second kappa shape index (κ2) is 9.94. The van der Waals surface area contributed by atoms with Crippen molar-refractivity contribution >= 4 is 11.6 Å². The number of hydrogen-bond acceptors (Lipinski definition) is 3. The van der Waals surface area contributed by atoms with E-state index in [0.717, 1.165) is 11.1 Å². The third kappa shape index (κ3) is 6.51. The molecule has 0 saturated carbocycles. The lowest BCUT2D eigenvalue weighted by molar-refractivity contribution is 0.0488. The van der Waals surface area contributed by atoms with Crippen LogP contribution < -0.4 is 0 Å². The quantitative estimate of drug-likeness (QED) is 0.572. The van der Waals surface area contributed by atoms with Gasteiger partial charge in [-0.3, -0.25) is 9.59 Å². The Labute approximate surface area is 173 Å². The van der Waals surface area contributed by atoms with Crippen molar-refractivity contribution in [1.82, 2.24) is 0 Å². The summed E-state index contributed by atoms with van der Waals surface area (Å²) in [6.07, 6.45) is 0. The standard InChI is InChI=1S/C13H18O2.C13H10O/c1-9(2)10-5-7-11(8-6-10)12(14)13(3,4)15;14-13(11-7-3-1-4-8-11)12-9-5-2-6-10-12/h5-9,15H,1-4H3;1-10H. The molecule has 0 spiro atoms. The molecule has 0 aliphatic rings. The van der Waals surface area contributed by atoms with E-state index in [-0.39, 0.29) is 11.6 Å². The van der Waals surface area contributed by atoms with Gasteiger partial charge in [0.05, 0.1) is 0 Å². The molecule has 0 aliphatic carbocycles. The zero-order valence-corrected chi connectivity index (χ0v) is 17.4. The van der Waals surface area contributed by atoms with Crippen molar-refractivity contribution in [2.75, 3.05) is 0 Å². The van der Waals surface area contributed by atoms with E-state index in [9.17, 15) is 14.7 Å². The van der Waals surface area contributed by atoms with Gasteiger partial charge in [-0.1, -0.05) is 98.8 Å². The summed E-state index contributed by atoms with van der Waals surface area (Å²) in [5.41, 5.74) is 1.94. The lowest BCUT2D eigenvalue weighted by Crippen LogP contribution is -2.31. The van der Waals surface area contributed by atoms with E-state index in [4.69, 9.17) is 0 Å². The average Bonchev–Trinajstić information content (AvgIpc) is 2.74. The average molecular weight is 389 g/mol. The number of aliphatic hydroxyl groups is 1. The first kappa shape index (κ1) is 22.3. The minimum Gasteiger partial charge on any atom is -0.382 e. The lowest BCUT2D eigenvalue weighted by Gasteiger charge is -2.15. The predicted molar refractivity (Wildman–Crippen MR) is 117 cm³/mol. The van der Waals surface area contributed by atoms with Crippen LogP contribution in [0.2, 0.25) is 0 Å². The monoisotopic (exact) mass is 388 g/mol. The van der Waals surface area contributed by atoms with Gasteiger partial charge in [0, 0.05) is 16.7 Å². The van der Waals surface area contributed by atoms with Gasteiger partial charge < -0.3 is 5.11 Å². The van der Waals surface area contributed by atoms with Crippen molar-refractivity contribution in [1.29, 1.82) is 0 Å². The van der Waals surface area contributed by atoms with Gasteiger partial charge in [-0.25, -0.2) is 0 Å². The van der Waals surface area contributed by atoms with Crippen molar-refractivity contribution in [2.45, 2.75) is 39.2 Å². The van der Waals surface area contributed by atoms with Crippen molar-refractivity contribution in [2.24, 2.45) is 0 Å². The fourth-order valence-electron chi connectivity index (χ4n) is 2.72. The van der Waals surface area contributed by atoms with Crippen LogP contribution in [0.5, 0.6) is 0 Å². The summed E-state index contributed by atoms with van der Waals surface area (Å²) in [6.45, 7) is 7.22. The Bertz CT molecular complexity index is 878. The molecule has 3 rings (SSSR count). The van der Waals surface area contributed by atoms with Crippen LogP contribution in [0.4, 0.5) is 0 Å². The van der Waals surface area contributed by atoms with Crippen LogP contribution in [0.25, 0.3) is 0 Å². The second-order valence-electron chi connectivity index (χ2n) is 7.73. The Morgan fingerprint density at radius 3 is 1.45 bits per heavy atom. The Morgan fingerprint density at radius 1 is 0.690 bits per heavy atom. The molecule has 29 heavy (non-hydrogen) atoms. The Hall–Kier alpha value is -3.04. The molecule has 0 fully saturated rings. The molecule has 0 aliphatic heterocycles. The van der Waals surface area contributed by atoms with Crippen LogP contribution in [0.3, 0.4) is 0 Å². The summed E-state index contributed by atoms with van der Waals surface area (Å²) in [5, 5.41) is 9.57. The molecule has 3 aromatic rings. The van der Waals surface area contributed by atoms with E-state index in [0.29, 0.717) is 11.5 Å². The zero-order valence-electron chi connectivity index (χ0n) is 17.4. The molecule has 3 heteroatoms. The van der Waals surface area contributed by atoms with E-state index in [1.165, 1.54) is 19.4 Å². The van der Waals surface area contributed by atoms with E-state index in [1.54, 1.807) is 12.1 Å². The van der Waals surface area contributed by atoms with Gasteiger partial charge in [0.1, 0.15) is 5.60 Å². The number of carbonyl (C=O) groups is 2. The smallest absolute Gasteiger partial charge is 0.193 e. The van der Waals surface area contributed by atoms with E-state index in [2.05, 4.69) is 13.8 Å². The fourth-order valence-corrected chi connectivity index (χ4v) is 2.72. The Kier molecular flexibility index (Phi) is 7.63. The van der Waals surface area contributed by atoms with Gasteiger partial charge in [0.25, 0.3) is 0 Å². The summed E-state index contributed by atoms with van der Waals surface area (Å²) in [4.78, 5) is 23.5. The van der Waals surface area contributed by atoms with E-state index in [1.807, 2.05) is 72.8 Å². The highest BCUT2D eigenvalue weighted by atomic mass is 16.3. The number of hydrogen-bond donors (Lipinski definition) is 1. The zero-order chi connectivity index (χ0) is 21.4. The molecular weight excluding hydrogens is 360 g/mol. The minimum absolute atomic E-state index is 0.0752.